The Hall–Kier alpha value is -2.76. The van der Waals surface area contributed by atoms with Gasteiger partial charge in [0.05, 0.1) is 12.3 Å². The first-order chi connectivity index (χ1) is 12.0. The highest BCUT2D eigenvalue weighted by molar-refractivity contribution is 5.95. The van der Waals surface area contributed by atoms with E-state index in [9.17, 15) is 9.59 Å². The van der Waals surface area contributed by atoms with E-state index in [4.69, 9.17) is 14.3 Å². The first-order valence-corrected chi connectivity index (χ1v) is 8.27. The summed E-state index contributed by atoms with van der Waals surface area (Å²) in [6.45, 7) is 3.92. The van der Waals surface area contributed by atoms with E-state index in [1.807, 2.05) is 30.9 Å². The molecule has 0 bridgehead atoms. The minimum absolute atomic E-state index is 0.0361. The summed E-state index contributed by atoms with van der Waals surface area (Å²) in [6, 6.07) is 7.20. The van der Waals surface area contributed by atoms with Crippen molar-refractivity contribution < 1.29 is 23.8 Å². The molecule has 0 aliphatic carbocycles. The number of ether oxygens (including phenoxy) is 1. The summed E-state index contributed by atoms with van der Waals surface area (Å²) >= 11 is 0. The van der Waals surface area contributed by atoms with Crippen LogP contribution in [-0.4, -0.2) is 35.0 Å². The normalized spacial score (nSPS) is 16.9. The van der Waals surface area contributed by atoms with Crippen molar-refractivity contribution in [3.8, 4) is 5.75 Å². The van der Waals surface area contributed by atoms with Crippen LogP contribution >= 0.6 is 0 Å². The molecule has 132 valence electrons. The SMILES string of the molecule is Cc1cc(C(=O)N2CCCC2c2ccco2)cc(C)c1OCC(=O)O. The zero-order valence-electron chi connectivity index (χ0n) is 14.3. The van der Waals surface area contributed by atoms with Crippen molar-refractivity contribution in [1.29, 1.82) is 0 Å². The predicted octanol–water partition coefficient (Wildman–Crippen LogP) is 3.34. The van der Waals surface area contributed by atoms with Crippen LogP contribution in [0.15, 0.2) is 34.9 Å². The highest BCUT2D eigenvalue weighted by Crippen LogP contribution is 2.34. The molecule has 6 nitrogen and oxygen atoms in total. The van der Waals surface area contributed by atoms with E-state index in [1.165, 1.54) is 0 Å². The van der Waals surface area contributed by atoms with Gasteiger partial charge in [0.15, 0.2) is 6.61 Å². The number of furan rings is 1. The van der Waals surface area contributed by atoms with Crippen LogP contribution in [0, 0.1) is 13.8 Å². The molecule has 1 aromatic heterocycles. The highest BCUT2D eigenvalue weighted by Gasteiger charge is 2.32. The molecule has 1 atom stereocenters. The van der Waals surface area contributed by atoms with Gasteiger partial charge < -0.3 is 19.2 Å². The summed E-state index contributed by atoms with van der Waals surface area (Å²) in [7, 11) is 0. The number of nitrogens with zero attached hydrogens (tertiary/aromatic N) is 1. The second-order valence-corrected chi connectivity index (χ2v) is 6.29. The van der Waals surface area contributed by atoms with Gasteiger partial charge in [0.2, 0.25) is 0 Å². The average molecular weight is 343 g/mol. The number of hydrogen-bond donors (Lipinski definition) is 1. The first-order valence-electron chi connectivity index (χ1n) is 8.27. The van der Waals surface area contributed by atoms with E-state index in [-0.39, 0.29) is 11.9 Å². The second-order valence-electron chi connectivity index (χ2n) is 6.29. The van der Waals surface area contributed by atoms with Gasteiger partial charge in [-0.15, -0.1) is 0 Å². The summed E-state index contributed by atoms with van der Waals surface area (Å²) in [6.07, 6.45) is 3.45. The van der Waals surface area contributed by atoms with Gasteiger partial charge in [-0.1, -0.05) is 0 Å². The van der Waals surface area contributed by atoms with Crippen molar-refractivity contribution >= 4 is 11.9 Å². The third kappa shape index (κ3) is 3.52. The van der Waals surface area contributed by atoms with Crippen LogP contribution in [0.4, 0.5) is 0 Å². The van der Waals surface area contributed by atoms with Gasteiger partial charge in [-0.2, -0.15) is 0 Å². The largest absolute Gasteiger partial charge is 0.481 e. The Labute approximate surface area is 146 Å². The third-order valence-corrected chi connectivity index (χ3v) is 4.43. The molecule has 1 fully saturated rings. The summed E-state index contributed by atoms with van der Waals surface area (Å²) in [5, 5.41) is 8.77. The summed E-state index contributed by atoms with van der Waals surface area (Å²) in [5.41, 5.74) is 2.08. The van der Waals surface area contributed by atoms with Crippen LogP contribution in [0.2, 0.25) is 0 Å². The summed E-state index contributed by atoms with van der Waals surface area (Å²) in [5.74, 6) is 0.246. The Bertz CT molecular complexity index is 758. The number of rotatable bonds is 5. The smallest absolute Gasteiger partial charge is 0.341 e. The Balaban J connectivity index is 1.83. The molecule has 1 amide bonds. The van der Waals surface area contributed by atoms with Crippen molar-refractivity contribution in [2.45, 2.75) is 32.7 Å². The Morgan fingerprint density at radius 2 is 2.04 bits per heavy atom. The quantitative estimate of drug-likeness (QED) is 0.901. The van der Waals surface area contributed by atoms with Crippen molar-refractivity contribution in [3.63, 3.8) is 0 Å². The van der Waals surface area contributed by atoms with Crippen LogP contribution in [0.25, 0.3) is 0 Å². The number of benzene rings is 1. The second kappa shape index (κ2) is 7.01. The van der Waals surface area contributed by atoms with Gasteiger partial charge in [-0.25, -0.2) is 4.79 Å². The van der Waals surface area contributed by atoms with Crippen molar-refractivity contribution in [2.24, 2.45) is 0 Å². The maximum atomic E-state index is 13.0. The first kappa shape index (κ1) is 17.1. The number of aliphatic carboxylic acids is 1. The third-order valence-electron chi connectivity index (χ3n) is 4.43. The standard InChI is InChI=1S/C19H21NO5/c1-12-9-14(10-13(2)18(12)25-11-17(21)22)19(23)20-7-3-5-15(20)16-6-4-8-24-16/h4,6,8-10,15H,3,5,7,11H2,1-2H3,(H,21,22). The van der Waals surface area contributed by atoms with Gasteiger partial charge in [0, 0.05) is 12.1 Å². The summed E-state index contributed by atoms with van der Waals surface area (Å²) < 4.78 is 10.8. The monoisotopic (exact) mass is 343 g/mol. The lowest BCUT2D eigenvalue weighted by atomic mass is 10.0. The van der Waals surface area contributed by atoms with E-state index >= 15 is 0 Å². The van der Waals surface area contributed by atoms with Crippen molar-refractivity contribution in [1.82, 2.24) is 4.90 Å². The molecule has 1 aliphatic rings. The summed E-state index contributed by atoms with van der Waals surface area (Å²) in [4.78, 5) is 25.5. The predicted molar refractivity (Wildman–Crippen MR) is 90.8 cm³/mol. The number of likely N-dealkylation sites (tertiary alicyclic amines) is 1. The minimum atomic E-state index is -1.03. The fourth-order valence-corrected chi connectivity index (χ4v) is 3.39. The van der Waals surface area contributed by atoms with E-state index in [0.717, 1.165) is 29.7 Å². The molecule has 1 unspecified atom stereocenters. The lowest BCUT2D eigenvalue weighted by Crippen LogP contribution is -2.30. The molecule has 0 saturated carbocycles. The number of aryl methyl sites for hydroxylation is 2. The number of hydrogen-bond acceptors (Lipinski definition) is 4. The number of carbonyl (C=O) groups excluding carboxylic acids is 1. The van der Waals surface area contributed by atoms with Crippen LogP contribution < -0.4 is 4.74 Å². The van der Waals surface area contributed by atoms with Crippen molar-refractivity contribution in [2.75, 3.05) is 13.2 Å². The van der Waals surface area contributed by atoms with Gasteiger partial charge in [-0.05, 0) is 62.1 Å². The van der Waals surface area contributed by atoms with Crippen LogP contribution in [0.5, 0.6) is 5.75 Å². The van der Waals surface area contributed by atoms with E-state index in [1.54, 1.807) is 18.4 Å². The fraction of sp³-hybridized carbons (Fsp3) is 0.368. The van der Waals surface area contributed by atoms with Crippen LogP contribution in [0.1, 0.15) is 46.1 Å². The topological polar surface area (TPSA) is 80.0 Å². The molecule has 2 aromatic rings. The Kier molecular flexibility index (Phi) is 4.79. The molecule has 3 rings (SSSR count). The number of amides is 1. The van der Waals surface area contributed by atoms with E-state index in [0.29, 0.717) is 17.9 Å². The minimum Gasteiger partial charge on any atom is -0.481 e. The number of carbonyl (C=O) groups is 2. The number of carboxylic acid groups (broad SMARTS) is 1. The molecule has 0 spiro atoms. The van der Waals surface area contributed by atoms with Gasteiger partial charge in [0.25, 0.3) is 5.91 Å². The highest BCUT2D eigenvalue weighted by atomic mass is 16.5. The molecule has 6 heteroatoms. The zero-order valence-corrected chi connectivity index (χ0v) is 14.3. The molecule has 0 radical (unpaired) electrons. The van der Waals surface area contributed by atoms with E-state index in [2.05, 4.69) is 0 Å². The Morgan fingerprint density at radius 3 is 2.64 bits per heavy atom. The maximum absolute atomic E-state index is 13.0. The average Bonchev–Trinajstić information content (AvgIpc) is 3.23. The van der Waals surface area contributed by atoms with Crippen LogP contribution in [0.3, 0.4) is 0 Å². The lowest BCUT2D eigenvalue weighted by Gasteiger charge is -2.24. The van der Waals surface area contributed by atoms with Crippen LogP contribution in [-0.2, 0) is 4.79 Å². The molecule has 1 aromatic carbocycles. The van der Waals surface area contributed by atoms with Crippen molar-refractivity contribution in [3.05, 3.63) is 53.0 Å². The molecule has 25 heavy (non-hydrogen) atoms. The molecule has 1 saturated heterocycles. The molecule has 1 aliphatic heterocycles. The number of carboxylic acids is 1. The maximum Gasteiger partial charge on any atom is 0.341 e. The fourth-order valence-electron chi connectivity index (χ4n) is 3.39. The molecular formula is C19H21NO5. The molecular weight excluding hydrogens is 322 g/mol. The van der Waals surface area contributed by atoms with Gasteiger partial charge in [-0.3, -0.25) is 4.79 Å². The zero-order chi connectivity index (χ0) is 18.0. The van der Waals surface area contributed by atoms with Gasteiger partial charge in [0.1, 0.15) is 11.5 Å². The molecule has 1 N–H and O–H groups in total. The molecule has 2 heterocycles. The Morgan fingerprint density at radius 1 is 1.32 bits per heavy atom. The van der Waals surface area contributed by atoms with Gasteiger partial charge >= 0.3 is 5.97 Å². The lowest BCUT2D eigenvalue weighted by molar-refractivity contribution is -0.139. The van der Waals surface area contributed by atoms with E-state index < -0.39 is 12.6 Å².